The first-order valence-electron chi connectivity index (χ1n) is 3.39. The molecule has 0 radical (unpaired) electrons. The molecule has 0 rings (SSSR count). The third-order valence-corrected chi connectivity index (χ3v) is 3.02. The lowest BCUT2D eigenvalue weighted by atomic mass is 10.4. The summed E-state index contributed by atoms with van der Waals surface area (Å²) in [4.78, 5) is 0. The number of rotatable bonds is 5. The molecule has 0 aliphatic rings. The summed E-state index contributed by atoms with van der Waals surface area (Å²) in [5.41, 5.74) is 0. The van der Waals surface area contributed by atoms with Gasteiger partial charge in [0.2, 0.25) is 0 Å². The lowest BCUT2D eigenvalue weighted by Gasteiger charge is -2.07. The van der Waals surface area contributed by atoms with E-state index >= 15 is 0 Å². The van der Waals surface area contributed by atoms with Crippen LogP contribution in [0.15, 0.2) is 0 Å². The van der Waals surface area contributed by atoms with Crippen LogP contribution in [0.2, 0.25) is 0 Å². The highest BCUT2D eigenvalue weighted by Crippen LogP contribution is 1.94. The third kappa shape index (κ3) is 5.17. The molecule has 0 aliphatic heterocycles. The molecule has 0 amide bonds. The molecular weight excluding hydrogens is 168 g/mol. The van der Waals surface area contributed by atoms with Crippen molar-refractivity contribution in [3.63, 3.8) is 0 Å². The van der Waals surface area contributed by atoms with Gasteiger partial charge in [0.05, 0.1) is 18.5 Å². The van der Waals surface area contributed by atoms with E-state index in [2.05, 4.69) is 4.74 Å². The highest BCUT2D eigenvalue weighted by molar-refractivity contribution is 7.91. The Hall–Kier alpha value is -0.130. The number of hydrogen-bond acceptors (Lipinski definition) is 4. The molecule has 1 atom stereocenters. The van der Waals surface area contributed by atoms with Gasteiger partial charge in [-0.25, -0.2) is 8.42 Å². The van der Waals surface area contributed by atoms with Crippen LogP contribution in [0.1, 0.15) is 6.92 Å². The average molecular weight is 182 g/mol. The van der Waals surface area contributed by atoms with Crippen molar-refractivity contribution in [2.75, 3.05) is 25.2 Å². The molecule has 0 aromatic heterocycles. The van der Waals surface area contributed by atoms with Gasteiger partial charge in [0.15, 0.2) is 9.84 Å². The van der Waals surface area contributed by atoms with E-state index in [0.717, 1.165) is 0 Å². The summed E-state index contributed by atoms with van der Waals surface area (Å²) in [6, 6.07) is 0. The normalized spacial score (nSPS) is 14.8. The molecule has 0 aliphatic carbocycles. The fourth-order valence-corrected chi connectivity index (χ4v) is 1.57. The van der Waals surface area contributed by atoms with Crippen LogP contribution in [0.4, 0.5) is 0 Å². The molecule has 0 aromatic rings. The van der Waals surface area contributed by atoms with Crippen molar-refractivity contribution < 1.29 is 18.3 Å². The van der Waals surface area contributed by atoms with Gasteiger partial charge in [-0.2, -0.15) is 0 Å². The highest BCUT2D eigenvalue weighted by Gasteiger charge is 2.14. The standard InChI is InChI=1S/C6H14O4S/c1-3-11(8,9)5-6(7)4-10-2/h6-7H,3-5H2,1-2H3. The minimum absolute atomic E-state index is 0.0633. The maximum absolute atomic E-state index is 10.9. The van der Waals surface area contributed by atoms with Gasteiger partial charge in [0, 0.05) is 12.9 Å². The average Bonchev–Trinajstić information content (AvgIpc) is 1.87. The van der Waals surface area contributed by atoms with Crippen LogP contribution in [-0.2, 0) is 14.6 Å². The van der Waals surface area contributed by atoms with Gasteiger partial charge in [-0.05, 0) is 0 Å². The molecule has 0 saturated heterocycles. The van der Waals surface area contributed by atoms with Crippen molar-refractivity contribution in [1.82, 2.24) is 0 Å². The molecule has 1 unspecified atom stereocenters. The molecule has 68 valence electrons. The summed E-state index contributed by atoms with van der Waals surface area (Å²) < 4.78 is 26.3. The number of sulfone groups is 1. The van der Waals surface area contributed by atoms with E-state index in [1.54, 1.807) is 6.92 Å². The molecular formula is C6H14O4S. The summed E-state index contributed by atoms with van der Waals surface area (Å²) in [5, 5.41) is 9.01. The number of ether oxygens (including phenoxy) is 1. The Kier molecular flexibility index (Phi) is 4.63. The summed E-state index contributed by atoms with van der Waals surface area (Å²) in [6.07, 6.45) is -0.898. The van der Waals surface area contributed by atoms with Gasteiger partial charge in [-0.1, -0.05) is 6.92 Å². The van der Waals surface area contributed by atoms with Gasteiger partial charge >= 0.3 is 0 Å². The summed E-state index contributed by atoms with van der Waals surface area (Å²) >= 11 is 0. The zero-order valence-corrected chi connectivity index (χ0v) is 7.60. The second kappa shape index (κ2) is 4.69. The molecule has 0 spiro atoms. The zero-order valence-electron chi connectivity index (χ0n) is 6.78. The lowest BCUT2D eigenvalue weighted by Crippen LogP contribution is -2.26. The molecule has 0 saturated carbocycles. The second-order valence-corrected chi connectivity index (χ2v) is 4.71. The van der Waals surface area contributed by atoms with Crippen molar-refractivity contribution in [3.05, 3.63) is 0 Å². The van der Waals surface area contributed by atoms with E-state index in [1.165, 1.54) is 7.11 Å². The second-order valence-electron chi connectivity index (χ2n) is 2.31. The zero-order chi connectivity index (χ0) is 8.91. The van der Waals surface area contributed by atoms with Gasteiger partial charge in [-0.3, -0.25) is 0 Å². The molecule has 0 heterocycles. The Balaban J connectivity index is 3.84. The Morgan fingerprint density at radius 3 is 2.45 bits per heavy atom. The van der Waals surface area contributed by atoms with Gasteiger partial charge in [0.25, 0.3) is 0 Å². The monoisotopic (exact) mass is 182 g/mol. The Morgan fingerprint density at radius 1 is 1.55 bits per heavy atom. The number of methoxy groups -OCH3 is 1. The van der Waals surface area contributed by atoms with Crippen LogP contribution in [0, 0.1) is 0 Å². The van der Waals surface area contributed by atoms with Crippen LogP contribution >= 0.6 is 0 Å². The van der Waals surface area contributed by atoms with Crippen LogP contribution in [-0.4, -0.2) is 44.9 Å². The molecule has 11 heavy (non-hydrogen) atoms. The third-order valence-electron chi connectivity index (χ3n) is 1.25. The van der Waals surface area contributed by atoms with E-state index in [0.29, 0.717) is 0 Å². The Bertz CT molecular complexity index is 185. The van der Waals surface area contributed by atoms with Crippen molar-refractivity contribution in [2.45, 2.75) is 13.0 Å². The maximum atomic E-state index is 10.9. The SMILES string of the molecule is CCS(=O)(=O)CC(O)COC. The first-order valence-corrected chi connectivity index (χ1v) is 5.21. The fourth-order valence-electron chi connectivity index (χ4n) is 0.651. The molecule has 0 bridgehead atoms. The van der Waals surface area contributed by atoms with Crippen LogP contribution in [0.25, 0.3) is 0 Å². The maximum Gasteiger partial charge on any atom is 0.152 e. The van der Waals surface area contributed by atoms with Crippen molar-refractivity contribution in [1.29, 1.82) is 0 Å². The molecule has 1 N–H and O–H groups in total. The predicted molar refractivity (Wildman–Crippen MR) is 42.2 cm³/mol. The molecule has 4 nitrogen and oxygen atoms in total. The quantitative estimate of drug-likeness (QED) is 0.618. The van der Waals surface area contributed by atoms with Crippen molar-refractivity contribution in [2.24, 2.45) is 0 Å². The van der Waals surface area contributed by atoms with Crippen LogP contribution in [0.3, 0.4) is 0 Å². The number of hydrogen-bond donors (Lipinski definition) is 1. The van der Waals surface area contributed by atoms with Crippen LogP contribution < -0.4 is 0 Å². The molecule has 0 aromatic carbocycles. The van der Waals surface area contributed by atoms with E-state index in [9.17, 15) is 8.42 Å². The van der Waals surface area contributed by atoms with Gasteiger partial charge in [0.1, 0.15) is 0 Å². The Morgan fingerprint density at radius 2 is 2.09 bits per heavy atom. The summed E-state index contributed by atoms with van der Waals surface area (Å²) in [5.74, 6) is -0.148. The largest absolute Gasteiger partial charge is 0.390 e. The predicted octanol–water partition coefficient (Wildman–Crippen LogP) is -0.572. The number of aliphatic hydroxyl groups is 1. The lowest BCUT2D eigenvalue weighted by molar-refractivity contribution is 0.0783. The van der Waals surface area contributed by atoms with E-state index in [4.69, 9.17) is 5.11 Å². The fraction of sp³-hybridized carbons (Fsp3) is 1.00. The van der Waals surface area contributed by atoms with E-state index < -0.39 is 15.9 Å². The minimum atomic E-state index is -3.07. The Labute approximate surface area is 67.1 Å². The highest BCUT2D eigenvalue weighted by atomic mass is 32.2. The van der Waals surface area contributed by atoms with Crippen molar-refractivity contribution in [3.8, 4) is 0 Å². The van der Waals surface area contributed by atoms with Gasteiger partial charge < -0.3 is 9.84 Å². The summed E-state index contributed by atoms with van der Waals surface area (Å²) in [6.45, 7) is 1.62. The van der Waals surface area contributed by atoms with E-state index in [1.807, 2.05) is 0 Å². The number of aliphatic hydroxyl groups excluding tert-OH is 1. The van der Waals surface area contributed by atoms with E-state index in [-0.39, 0.29) is 18.1 Å². The first-order chi connectivity index (χ1) is 5.02. The smallest absolute Gasteiger partial charge is 0.152 e. The van der Waals surface area contributed by atoms with Crippen molar-refractivity contribution >= 4 is 9.84 Å². The van der Waals surface area contributed by atoms with Gasteiger partial charge in [-0.15, -0.1) is 0 Å². The first kappa shape index (κ1) is 10.9. The summed E-state index contributed by atoms with van der Waals surface area (Å²) in [7, 11) is -1.65. The molecule has 5 heteroatoms. The molecule has 0 fully saturated rings. The minimum Gasteiger partial charge on any atom is -0.390 e. The topological polar surface area (TPSA) is 63.6 Å². The van der Waals surface area contributed by atoms with Crippen LogP contribution in [0.5, 0.6) is 0 Å².